The number of phenolic OH excluding ortho intramolecular Hbond substituents is 2. The highest BCUT2D eigenvalue weighted by molar-refractivity contribution is 5.47. The Balaban J connectivity index is 1.99. The Kier molecular flexibility index (Phi) is 13.9. The largest absolute Gasteiger partial charge is 0.508 e. The molecule has 3 nitrogen and oxygen atoms in total. The van der Waals surface area contributed by atoms with Crippen LogP contribution in [0.15, 0.2) is 12.1 Å². The van der Waals surface area contributed by atoms with Crippen LogP contribution in [0.4, 0.5) is 0 Å². The Morgan fingerprint density at radius 2 is 1.00 bits per heavy atom. The van der Waals surface area contributed by atoms with E-state index in [9.17, 15) is 15.3 Å². The molecule has 0 saturated heterocycles. The maximum absolute atomic E-state index is 10.2. The minimum absolute atomic E-state index is 0.0618. The van der Waals surface area contributed by atoms with E-state index in [1.807, 2.05) is 0 Å². The minimum atomic E-state index is -1.16. The van der Waals surface area contributed by atoms with Crippen molar-refractivity contribution < 1.29 is 15.3 Å². The second kappa shape index (κ2) is 15.6. The maximum atomic E-state index is 10.2. The van der Waals surface area contributed by atoms with Gasteiger partial charge in [-0.15, -0.1) is 0 Å². The number of rotatable bonds is 18. The Hall–Kier alpha value is -1.22. The first-order chi connectivity index (χ1) is 14.4. The molecule has 0 bridgehead atoms. The fraction of sp³-hybridized carbons (Fsp3) is 0.778. The van der Waals surface area contributed by atoms with E-state index in [4.69, 9.17) is 0 Å². The molecular formula is C27H48O3. The predicted molar refractivity (Wildman–Crippen MR) is 128 cm³/mol. The SMILES string of the molecule is CCCCCCCCCCCCCCCCCCc1cc(O)c(C(C)(C)O)cc1O. The summed E-state index contributed by atoms with van der Waals surface area (Å²) >= 11 is 0. The third-order valence-electron chi connectivity index (χ3n) is 6.16. The van der Waals surface area contributed by atoms with Gasteiger partial charge in [-0.25, -0.2) is 0 Å². The zero-order valence-electron chi connectivity index (χ0n) is 20.0. The molecule has 0 heterocycles. The molecule has 1 aromatic rings. The lowest BCUT2D eigenvalue weighted by Crippen LogP contribution is -2.15. The van der Waals surface area contributed by atoms with Gasteiger partial charge < -0.3 is 15.3 Å². The third-order valence-corrected chi connectivity index (χ3v) is 6.16. The molecule has 174 valence electrons. The highest BCUT2D eigenvalue weighted by Gasteiger charge is 2.22. The highest BCUT2D eigenvalue weighted by Crippen LogP contribution is 2.35. The van der Waals surface area contributed by atoms with Crippen LogP contribution in [0.5, 0.6) is 11.5 Å². The van der Waals surface area contributed by atoms with Crippen LogP contribution in [0.25, 0.3) is 0 Å². The number of aliphatic hydroxyl groups is 1. The zero-order valence-corrected chi connectivity index (χ0v) is 20.0. The molecule has 0 aliphatic carbocycles. The van der Waals surface area contributed by atoms with E-state index < -0.39 is 5.60 Å². The van der Waals surface area contributed by atoms with E-state index in [-0.39, 0.29) is 11.5 Å². The average molecular weight is 421 g/mol. The van der Waals surface area contributed by atoms with E-state index in [2.05, 4.69) is 6.92 Å². The lowest BCUT2D eigenvalue weighted by Gasteiger charge is -2.20. The molecule has 0 aliphatic rings. The fourth-order valence-electron chi connectivity index (χ4n) is 4.17. The first-order valence-electron chi connectivity index (χ1n) is 12.6. The summed E-state index contributed by atoms with van der Waals surface area (Å²) in [4.78, 5) is 0. The molecule has 30 heavy (non-hydrogen) atoms. The molecule has 0 fully saturated rings. The second-order valence-electron chi connectivity index (χ2n) is 9.61. The van der Waals surface area contributed by atoms with Gasteiger partial charge in [-0.1, -0.05) is 103 Å². The Bertz CT molecular complexity index is 560. The molecule has 0 saturated carbocycles. The van der Waals surface area contributed by atoms with E-state index in [1.54, 1.807) is 19.9 Å². The monoisotopic (exact) mass is 420 g/mol. The zero-order chi connectivity index (χ0) is 22.2. The van der Waals surface area contributed by atoms with Crippen molar-refractivity contribution >= 4 is 0 Å². The van der Waals surface area contributed by atoms with E-state index in [0.717, 1.165) is 24.8 Å². The highest BCUT2D eigenvalue weighted by atomic mass is 16.3. The Morgan fingerprint density at radius 3 is 1.40 bits per heavy atom. The van der Waals surface area contributed by atoms with Crippen LogP contribution in [-0.2, 0) is 12.0 Å². The number of unbranched alkanes of at least 4 members (excludes halogenated alkanes) is 15. The molecule has 1 aromatic carbocycles. The molecular weight excluding hydrogens is 372 g/mol. The fourth-order valence-corrected chi connectivity index (χ4v) is 4.17. The molecule has 0 spiro atoms. The van der Waals surface area contributed by atoms with Gasteiger partial charge in [0.25, 0.3) is 0 Å². The van der Waals surface area contributed by atoms with Gasteiger partial charge >= 0.3 is 0 Å². The standard InChI is InChI=1S/C27H48O3/c1-4-5-6-7-8-9-10-11-12-13-14-15-16-17-18-19-20-23-21-26(29)24(22-25(23)28)27(2,3)30/h21-22,28-30H,4-20H2,1-3H3. The van der Waals surface area contributed by atoms with Gasteiger partial charge in [-0.05, 0) is 44.4 Å². The van der Waals surface area contributed by atoms with Crippen LogP contribution in [0.2, 0.25) is 0 Å². The van der Waals surface area contributed by atoms with Gasteiger partial charge in [-0.3, -0.25) is 0 Å². The third kappa shape index (κ3) is 11.8. The van der Waals surface area contributed by atoms with Crippen molar-refractivity contribution in [2.45, 2.75) is 136 Å². The van der Waals surface area contributed by atoms with Crippen molar-refractivity contribution in [3.05, 3.63) is 23.3 Å². The summed E-state index contributed by atoms with van der Waals surface area (Å²) in [5, 5.41) is 30.3. The average Bonchev–Trinajstić information content (AvgIpc) is 2.69. The lowest BCUT2D eigenvalue weighted by molar-refractivity contribution is 0.0755. The van der Waals surface area contributed by atoms with Crippen molar-refractivity contribution in [3.63, 3.8) is 0 Å². The molecule has 0 amide bonds. The summed E-state index contributed by atoms with van der Waals surface area (Å²) in [5.74, 6) is 0.234. The Morgan fingerprint density at radius 1 is 0.600 bits per heavy atom. The van der Waals surface area contributed by atoms with Crippen LogP contribution in [-0.4, -0.2) is 15.3 Å². The van der Waals surface area contributed by atoms with Crippen molar-refractivity contribution in [2.24, 2.45) is 0 Å². The number of aryl methyl sites for hydroxylation is 1. The van der Waals surface area contributed by atoms with Gasteiger partial charge in [0.05, 0.1) is 5.60 Å². The summed E-state index contributed by atoms with van der Waals surface area (Å²) in [6.45, 7) is 5.49. The van der Waals surface area contributed by atoms with Gasteiger partial charge in [0, 0.05) is 5.56 Å². The molecule has 0 aliphatic heterocycles. The van der Waals surface area contributed by atoms with Crippen LogP contribution >= 0.6 is 0 Å². The van der Waals surface area contributed by atoms with E-state index in [1.165, 1.54) is 96.0 Å². The van der Waals surface area contributed by atoms with Crippen molar-refractivity contribution in [3.8, 4) is 11.5 Å². The summed E-state index contributed by atoms with van der Waals surface area (Å²) in [5.41, 5.74) is -0.0180. The first kappa shape index (κ1) is 26.8. The molecule has 1 rings (SSSR count). The molecule has 3 N–H and O–H groups in total. The summed E-state index contributed by atoms with van der Waals surface area (Å²) in [7, 11) is 0. The number of hydrogen-bond acceptors (Lipinski definition) is 3. The van der Waals surface area contributed by atoms with Crippen LogP contribution < -0.4 is 0 Å². The molecule has 0 radical (unpaired) electrons. The van der Waals surface area contributed by atoms with E-state index in [0.29, 0.717) is 5.56 Å². The summed E-state index contributed by atoms with van der Waals surface area (Å²) in [6.07, 6.45) is 22.3. The maximum Gasteiger partial charge on any atom is 0.122 e. The van der Waals surface area contributed by atoms with Crippen molar-refractivity contribution in [1.29, 1.82) is 0 Å². The van der Waals surface area contributed by atoms with Crippen molar-refractivity contribution in [2.75, 3.05) is 0 Å². The number of phenols is 2. The predicted octanol–water partition coefficient (Wildman–Crippen LogP) is 8.13. The summed E-state index contributed by atoms with van der Waals surface area (Å²) < 4.78 is 0. The molecule has 0 unspecified atom stereocenters. The molecule has 3 heteroatoms. The van der Waals surface area contributed by atoms with Gasteiger partial charge in [0.15, 0.2) is 0 Å². The van der Waals surface area contributed by atoms with Crippen LogP contribution in [0.1, 0.15) is 135 Å². The topological polar surface area (TPSA) is 60.7 Å². The van der Waals surface area contributed by atoms with Crippen molar-refractivity contribution in [1.82, 2.24) is 0 Å². The summed E-state index contributed by atoms with van der Waals surface area (Å²) in [6, 6.07) is 3.10. The Labute approximate surface area is 185 Å². The lowest BCUT2D eigenvalue weighted by atomic mass is 9.94. The van der Waals surface area contributed by atoms with Gasteiger partial charge in [0.1, 0.15) is 11.5 Å². The van der Waals surface area contributed by atoms with Crippen LogP contribution in [0, 0.1) is 0 Å². The smallest absolute Gasteiger partial charge is 0.122 e. The molecule has 0 aromatic heterocycles. The van der Waals surface area contributed by atoms with Crippen LogP contribution in [0.3, 0.4) is 0 Å². The number of aromatic hydroxyl groups is 2. The molecule has 0 atom stereocenters. The van der Waals surface area contributed by atoms with Gasteiger partial charge in [-0.2, -0.15) is 0 Å². The second-order valence-corrected chi connectivity index (χ2v) is 9.61. The van der Waals surface area contributed by atoms with E-state index >= 15 is 0 Å². The number of hydrogen-bond donors (Lipinski definition) is 3. The normalized spacial score (nSPS) is 11.9. The number of benzene rings is 1. The minimum Gasteiger partial charge on any atom is -0.508 e. The van der Waals surface area contributed by atoms with Gasteiger partial charge in [0.2, 0.25) is 0 Å². The first-order valence-corrected chi connectivity index (χ1v) is 12.6. The quantitative estimate of drug-likeness (QED) is 0.166.